The molecular formula is C14H10Cl2O2. The number of benzene rings is 2. The number of aliphatic carboxylic acids is 1. The maximum atomic E-state index is 10.6. The third-order valence-corrected chi connectivity index (χ3v) is 3.19. The van der Waals surface area contributed by atoms with Crippen molar-refractivity contribution in [2.24, 2.45) is 0 Å². The summed E-state index contributed by atoms with van der Waals surface area (Å²) in [6.07, 6.45) is 0.0105. The van der Waals surface area contributed by atoms with Gasteiger partial charge < -0.3 is 5.11 Å². The fourth-order valence-corrected chi connectivity index (χ4v) is 2.35. The Labute approximate surface area is 115 Å². The number of hydrogen-bond donors (Lipinski definition) is 1. The summed E-state index contributed by atoms with van der Waals surface area (Å²) >= 11 is 12.2. The molecule has 0 fully saturated rings. The topological polar surface area (TPSA) is 37.3 Å². The average molecular weight is 281 g/mol. The highest BCUT2D eigenvalue weighted by atomic mass is 35.5. The van der Waals surface area contributed by atoms with Crippen molar-refractivity contribution in [1.29, 1.82) is 0 Å². The van der Waals surface area contributed by atoms with Crippen molar-refractivity contribution in [2.45, 2.75) is 6.42 Å². The Morgan fingerprint density at radius 2 is 1.56 bits per heavy atom. The van der Waals surface area contributed by atoms with E-state index >= 15 is 0 Å². The minimum absolute atomic E-state index is 0.0105. The zero-order chi connectivity index (χ0) is 13.1. The van der Waals surface area contributed by atoms with Crippen LogP contribution in [0.15, 0.2) is 42.5 Å². The van der Waals surface area contributed by atoms with Crippen LogP contribution in [-0.4, -0.2) is 11.1 Å². The van der Waals surface area contributed by atoms with Crippen LogP contribution in [0.3, 0.4) is 0 Å². The molecule has 0 radical (unpaired) electrons. The van der Waals surface area contributed by atoms with E-state index < -0.39 is 5.97 Å². The minimum atomic E-state index is -0.849. The van der Waals surface area contributed by atoms with Crippen LogP contribution in [0.1, 0.15) is 5.56 Å². The van der Waals surface area contributed by atoms with E-state index in [1.165, 1.54) is 0 Å². The van der Waals surface area contributed by atoms with Crippen LogP contribution >= 0.6 is 23.2 Å². The molecule has 2 aromatic carbocycles. The maximum Gasteiger partial charge on any atom is 0.307 e. The van der Waals surface area contributed by atoms with Crippen LogP contribution in [0.2, 0.25) is 10.0 Å². The maximum absolute atomic E-state index is 10.6. The normalized spacial score (nSPS) is 10.3. The van der Waals surface area contributed by atoms with Crippen LogP contribution in [0.25, 0.3) is 11.1 Å². The van der Waals surface area contributed by atoms with Crippen molar-refractivity contribution >= 4 is 29.2 Å². The lowest BCUT2D eigenvalue weighted by atomic mass is 10.0. The zero-order valence-electron chi connectivity index (χ0n) is 9.36. The van der Waals surface area contributed by atoms with Gasteiger partial charge in [-0.05, 0) is 23.3 Å². The van der Waals surface area contributed by atoms with Crippen LogP contribution in [0, 0.1) is 0 Å². The molecule has 1 N–H and O–H groups in total. The molecule has 0 amide bonds. The molecule has 0 aliphatic carbocycles. The average Bonchev–Trinajstić information content (AvgIpc) is 2.30. The second-order valence-corrected chi connectivity index (χ2v) is 4.68. The van der Waals surface area contributed by atoms with Crippen molar-refractivity contribution in [3.05, 3.63) is 58.1 Å². The third kappa shape index (κ3) is 2.84. The molecule has 0 bridgehead atoms. The number of carboxylic acid groups (broad SMARTS) is 1. The van der Waals surface area contributed by atoms with E-state index in [0.29, 0.717) is 10.0 Å². The van der Waals surface area contributed by atoms with E-state index in [1.807, 2.05) is 12.1 Å². The molecule has 92 valence electrons. The Kier molecular flexibility index (Phi) is 3.90. The van der Waals surface area contributed by atoms with Gasteiger partial charge in [-0.15, -0.1) is 0 Å². The van der Waals surface area contributed by atoms with Gasteiger partial charge in [0, 0.05) is 15.6 Å². The summed E-state index contributed by atoms with van der Waals surface area (Å²) in [4.78, 5) is 10.6. The lowest BCUT2D eigenvalue weighted by Crippen LogP contribution is -1.99. The van der Waals surface area contributed by atoms with Crippen molar-refractivity contribution < 1.29 is 9.90 Å². The molecule has 0 aliphatic heterocycles. The quantitative estimate of drug-likeness (QED) is 0.911. The van der Waals surface area contributed by atoms with E-state index in [9.17, 15) is 4.79 Å². The molecular weight excluding hydrogens is 271 g/mol. The van der Waals surface area contributed by atoms with Crippen LogP contribution < -0.4 is 0 Å². The van der Waals surface area contributed by atoms with Gasteiger partial charge in [0.15, 0.2) is 0 Å². The number of rotatable bonds is 3. The summed E-state index contributed by atoms with van der Waals surface area (Å²) in [6, 6.07) is 12.5. The summed E-state index contributed by atoms with van der Waals surface area (Å²) in [5.74, 6) is -0.849. The molecule has 0 spiro atoms. The highest BCUT2D eigenvalue weighted by Gasteiger charge is 2.08. The fraction of sp³-hybridized carbons (Fsp3) is 0.0714. The Bertz CT molecular complexity index is 557. The molecule has 18 heavy (non-hydrogen) atoms. The number of carboxylic acids is 1. The van der Waals surface area contributed by atoms with E-state index in [-0.39, 0.29) is 6.42 Å². The largest absolute Gasteiger partial charge is 0.481 e. The Morgan fingerprint density at radius 1 is 1.00 bits per heavy atom. The van der Waals surface area contributed by atoms with Gasteiger partial charge in [-0.1, -0.05) is 53.5 Å². The lowest BCUT2D eigenvalue weighted by molar-refractivity contribution is -0.136. The van der Waals surface area contributed by atoms with Crippen LogP contribution in [0.4, 0.5) is 0 Å². The van der Waals surface area contributed by atoms with Crippen LogP contribution in [0.5, 0.6) is 0 Å². The third-order valence-electron chi connectivity index (χ3n) is 2.56. The molecule has 0 atom stereocenters. The zero-order valence-corrected chi connectivity index (χ0v) is 10.9. The van der Waals surface area contributed by atoms with Crippen molar-refractivity contribution in [3.63, 3.8) is 0 Å². The lowest BCUT2D eigenvalue weighted by Gasteiger charge is -2.07. The van der Waals surface area contributed by atoms with Gasteiger partial charge in [-0.3, -0.25) is 4.79 Å². The fourth-order valence-electron chi connectivity index (χ4n) is 1.74. The molecule has 0 aliphatic rings. The molecule has 4 heteroatoms. The van der Waals surface area contributed by atoms with E-state index in [4.69, 9.17) is 28.3 Å². The molecule has 0 saturated carbocycles. The van der Waals surface area contributed by atoms with Crippen LogP contribution in [-0.2, 0) is 11.2 Å². The first kappa shape index (κ1) is 12.9. The van der Waals surface area contributed by atoms with E-state index in [0.717, 1.165) is 16.7 Å². The molecule has 2 nitrogen and oxygen atoms in total. The first-order chi connectivity index (χ1) is 8.58. The monoisotopic (exact) mass is 280 g/mol. The number of carbonyl (C=O) groups is 1. The molecule has 2 rings (SSSR count). The van der Waals surface area contributed by atoms with Gasteiger partial charge in [-0.25, -0.2) is 0 Å². The predicted molar refractivity (Wildman–Crippen MR) is 73.2 cm³/mol. The van der Waals surface area contributed by atoms with E-state index in [2.05, 4.69) is 0 Å². The van der Waals surface area contributed by atoms with Crippen molar-refractivity contribution in [3.8, 4) is 11.1 Å². The predicted octanol–water partition coefficient (Wildman–Crippen LogP) is 4.29. The Morgan fingerprint density at radius 3 is 2.06 bits per heavy atom. The second kappa shape index (κ2) is 5.42. The molecule has 0 heterocycles. The van der Waals surface area contributed by atoms with Gasteiger partial charge in [0.1, 0.15) is 0 Å². The first-order valence-corrected chi connectivity index (χ1v) is 6.08. The summed E-state index contributed by atoms with van der Waals surface area (Å²) in [6.45, 7) is 0. The summed E-state index contributed by atoms with van der Waals surface area (Å²) in [5.41, 5.74) is 2.39. The van der Waals surface area contributed by atoms with Gasteiger partial charge in [0.25, 0.3) is 0 Å². The van der Waals surface area contributed by atoms with Gasteiger partial charge >= 0.3 is 5.97 Å². The standard InChI is InChI=1S/C14H10Cl2O2/c15-11-2-1-3-12(16)14(11)10-6-4-9(5-7-10)8-13(17)18/h1-7H,8H2,(H,17,18). The van der Waals surface area contributed by atoms with Gasteiger partial charge in [0.05, 0.1) is 6.42 Å². The van der Waals surface area contributed by atoms with Gasteiger partial charge in [0.2, 0.25) is 0 Å². The molecule has 0 saturated heterocycles. The SMILES string of the molecule is O=C(O)Cc1ccc(-c2c(Cl)cccc2Cl)cc1. The molecule has 0 aromatic heterocycles. The molecule has 2 aromatic rings. The first-order valence-electron chi connectivity index (χ1n) is 5.33. The minimum Gasteiger partial charge on any atom is -0.481 e. The summed E-state index contributed by atoms with van der Waals surface area (Å²) in [7, 11) is 0. The Balaban J connectivity index is 2.37. The highest BCUT2D eigenvalue weighted by molar-refractivity contribution is 6.39. The highest BCUT2D eigenvalue weighted by Crippen LogP contribution is 2.34. The summed E-state index contributed by atoms with van der Waals surface area (Å²) < 4.78 is 0. The van der Waals surface area contributed by atoms with Gasteiger partial charge in [-0.2, -0.15) is 0 Å². The molecule has 0 unspecified atom stereocenters. The number of halogens is 2. The van der Waals surface area contributed by atoms with E-state index in [1.54, 1.807) is 30.3 Å². The second-order valence-electron chi connectivity index (χ2n) is 3.86. The summed E-state index contributed by atoms with van der Waals surface area (Å²) in [5, 5.41) is 9.85. The smallest absolute Gasteiger partial charge is 0.307 e. The Hall–Kier alpha value is -1.51. The van der Waals surface area contributed by atoms with Crippen molar-refractivity contribution in [1.82, 2.24) is 0 Å². The van der Waals surface area contributed by atoms with Crippen molar-refractivity contribution in [2.75, 3.05) is 0 Å². The number of hydrogen-bond acceptors (Lipinski definition) is 1.